The zero-order valence-electron chi connectivity index (χ0n) is 11.6. The van der Waals surface area contributed by atoms with Crippen molar-refractivity contribution in [3.63, 3.8) is 0 Å². The summed E-state index contributed by atoms with van der Waals surface area (Å²) in [5.41, 5.74) is 0.997. The Morgan fingerprint density at radius 3 is 2.67 bits per heavy atom. The summed E-state index contributed by atoms with van der Waals surface area (Å²) >= 11 is 0. The first-order valence-corrected chi connectivity index (χ1v) is 6.91. The molecule has 2 nitrogen and oxygen atoms in total. The molecule has 1 N–H and O–H groups in total. The number of hydrogen-bond donors (Lipinski definition) is 1. The summed E-state index contributed by atoms with van der Waals surface area (Å²) in [5, 5.41) is 4.75. The number of fused-ring (bicyclic) bond motifs is 1. The molecule has 1 aromatic carbocycles. The van der Waals surface area contributed by atoms with Crippen LogP contribution in [-0.2, 0) is 6.42 Å². The van der Waals surface area contributed by atoms with Gasteiger partial charge in [0, 0.05) is 17.8 Å². The van der Waals surface area contributed by atoms with Crippen molar-refractivity contribution < 1.29 is 4.42 Å². The molecule has 2 aromatic rings. The molecule has 98 valence electrons. The minimum absolute atomic E-state index is 0.572. The Labute approximate surface area is 109 Å². The monoisotopic (exact) mass is 245 g/mol. The van der Waals surface area contributed by atoms with E-state index in [1.807, 2.05) is 12.1 Å². The van der Waals surface area contributed by atoms with Crippen molar-refractivity contribution in [2.45, 2.75) is 39.7 Å². The smallest absolute Gasteiger partial charge is 0.134 e. The van der Waals surface area contributed by atoms with Gasteiger partial charge in [0.2, 0.25) is 0 Å². The second-order valence-corrected chi connectivity index (χ2v) is 5.20. The lowest BCUT2D eigenvalue weighted by molar-refractivity contribution is 0.374. The number of para-hydroxylation sites is 1. The highest BCUT2D eigenvalue weighted by Gasteiger charge is 2.13. The molecule has 1 heterocycles. The first-order chi connectivity index (χ1) is 8.70. The van der Waals surface area contributed by atoms with Crippen molar-refractivity contribution in [3.8, 4) is 0 Å². The molecule has 1 aromatic heterocycles. The van der Waals surface area contributed by atoms with Gasteiger partial charge in [-0.05, 0) is 31.0 Å². The molecular formula is C16H23NO. The predicted molar refractivity (Wildman–Crippen MR) is 76.8 cm³/mol. The lowest BCUT2D eigenvalue weighted by atomic mass is 9.98. The molecule has 2 rings (SSSR count). The average Bonchev–Trinajstić information content (AvgIpc) is 2.76. The van der Waals surface area contributed by atoms with Crippen LogP contribution in [0.25, 0.3) is 11.0 Å². The van der Waals surface area contributed by atoms with E-state index in [9.17, 15) is 0 Å². The Morgan fingerprint density at radius 2 is 2.00 bits per heavy atom. The maximum Gasteiger partial charge on any atom is 0.134 e. The Kier molecular flexibility index (Phi) is 4.43. The lowest BCUT2D eigenvalue weighted by Crippen LogP contribution is -2.34. The fourth-order valence-corrected chi connectivity index (χ4v) is 2.39. The van der Waals surface area contributed by atoms with Gasteiger partial charge in [0.25, 0.3) is 0 Å². The second kappa shape index (κ2) is 6.05. The van der Waals surface area contributed by atoms with Crippen LogP contribution in [0.1, 0.15) is 33.0 Å². The van der Waals surface area contributed by atoms with Crippen molar-refractivity contribution in [2.75, 3.05) is 6.54 Å². The highest BCUT2D eigenvalue weighted by atomic mass is 16.3. The standard InChI is InChI=1S/C16H23NO/c1-4-17-15(12(2)3)10-9-14-11-13-7-5-6-8-16(13)18-14/h5-8,11-12,15,17H,4,9-10H2,1-3H3. The highest BCUT2D eigenvalue weighted by molar-refractivity contribution is 5.77. The predicted octanol–water partition coefficient (Wildman–Crippen LogP) is 4.00. The van der Waals surface area contributed by atoms with Crippen LogP contribution >= 0.6 is 0 Å². The Morgan fingerprint density at radius 1 is 1.22 bits per heavy atom. The van der Waals surface area contributed by atoms with Gasteiger partial charge in [-0.1, -0.05) is 39.0 Å². The van der Waals surface area contributed by atoms with Crippen molar-refractivity contribution in [3.05, 3.63) is 36.1 Å². The summed E-state index contributed by atoms with van der Waals surface area (Å²) in [4.78, 5) is 0. The third kappa shape index (κ3) is 3.14. The zero-order chi connectivity index (χ0) is 13.0. The third-order valence-corrected chi connectivity index (χ3v) is 3.45. The molecule has 0 aliphatic carbocycles. The van der Waals surface area contributed by atoms with E-state index in [2.05, 4.69) is 44.3 Å². The fourth-order valence-electron chi connectivity index (χ4n) is 2.39. The summed E-state index contributed by atoms with van der Waals surface area (Å²) < 4.78 is 5.85. The number of aryl methyl sites for hydroxylation is 1. The molecule has 0 saturated carbocycles. The summed E-state index contributed by atoms with van der Waals surface area (Å²) in [5.74, 6) is 1.76. The zero-order valence-corrected chi connectivity index (χ0v) is 11.6. The fraction of sp³-hybridized carbons (Fsp3) is 0.500. The van der Waals surface area contributed by atoms with Gasteiger partial charge in [0.05, 0.1) is 0 Å². The van der Waals surface area contributed by atoms with Gasteiger partial charge in [0.1, 0.15) is 11.3 Å². The van der Waals surface area contributed by atoms with E-state index in [-0.39, 0.29) is 0 Å². The number of nitrogens with one attached hydrogen (secondary N) is 1. The number of rotatable bonds is 6. The van der Waals surface area contributed by atoms with Gasteiger partial charge < -0.3 is 9.73 Å². The second-order valence-electron chi connectivity index (χ2n) is 5.20. The van der Waals surface area contributed by atoms with Crippen LogP contribution in [0.15, 0.2) is 34.7 Å². The van der Waals surface area contributed by atoms with E-state index in [0.29, 0.717) is 12.0 Å². The van der Waals surface area contributed by atoms with Gasteiger partial charge >= 0.3 is 0 Å². The number of furan rings is 1. The Hall–Kier alpha value is -1.28. The van der Waals surface area contributed by atoms with E-state index < -0.39 is 0 Å². The van der Waals surface area contributed by atoms with Gasteiger partial charge in [-0.3, -0.25) is 0 Å². The number of benzene rings is 1. The topological polar surface area (TPSA) is 25.2 Å². The number of hydrogen-bond acceptors (Lipinski definition) is 2. The van der Waals surface area contributed by atoms with Crippen molar-refractivity contribution in [1.29, 1.82) is 0 Å². The van der Waals surface area contributed by atoms with Crippen LogP contribution in [0, 0.1) is 5.92 Å². The van der Waals surface area contributed by atoms with E-state index in [4.69, 9.17) is 4.42 Å². The quantitative estimate of drug-likeness (QED) is 0.832. The normalized spacial score (nSPS) is 13.3. The molecule has 1 atom stereocenters. The SMILES string of the molecule is CCNC(CCc1cc2ccccc2o1)C(C)C. The molecule has 1 unspecified atom stereocenters. The largest absolute Gasteiger partial charge is 0.461 e. The molecule has 0 aliphatic rings. The summed E-state index contributed by atoms with van der Waals surface area (Å²) in [6.45, 7) is 7.73. The van der Waals surface area contributed by atoms with Gasteiger partial charge in [-0.15, -0.1) is 0 Å². The minimum atomic E-state index is 0.572. The van der Waals surface area contributed by atoms with E-state index >= 15 is 0 Å². The molecule has 0 saturated heterocycles. The maximum absolute atomic E-state index is 5.85. The molecule has 0 amide bonds. The molecule has 0 aliphatic heterocycles. The van der Waals surface area contributed by atoms with E-state index in [0.717, 1.165) is 30.7 Å². The molecule has 0 fully saturated rings. The molecule has 2 heteroatoms. The van der Waals surface area contributed by atoms with E-state index in [1.54, 1.807) is 0 Å². The first kappa shape index (κ1) is 13.2. The van der Waals surface area contributed by atoms with Crippen molar-refractivity contribution in [2.24, 2.45) is 5.92 Å². The highest BCUT2D eigenvalue weighted by Crippen LogP contribution is 2.21. The summed E-state index contributed by atoms with van der Waals surface area (Å²) in [7, 11) is 0. The lowest BCUT2D eigenvalue weighted by Gasteiger charge is -2.21. The molecular weight excluding hydrogens is 222 g/mol. The third-order valence-electron chi connectivity index (χ3n) is 3.45. The Bertz CT molecular complexity index is 454. The minimum Gasteiger partial charge on any atom is -0.461 e. The van der Waals surface area contributed by atoms with Crippen molar-refractivity contribution >= 4 is 11.0 Å². The van der Waals surface area contributed by atoms with Crippen LogP contribution in [0.3, 0.4) is 0 Å². The van der Waals surface area contributed by atoms with Crippen LogP contribution in [-0.4, -0.2) is 12.6 Å². The molecule has 18 heavy (non-hydrogen) atoms. The van der Waals surface area contributed by atoms with Gasteiger partial charge in [0.15, 0.2) is 0 Å². The van der Waals surface area contributed by atoms with Crippen LogP contribution in [0.2, 0.25) is 0 Å². The summed E-state index contributed by atoms with van der Waals surface area (Å²) in [6, 6.07) is 10.9. The van der Waals surface area contributed by atoms with Crippen LogP contribution in [0.4, 0.5) is 0 Å². The first-order valence-electron chi connectivity index (χ1n) is 6.91. The van der Waals surface area contributed by atoms with E-state index in [1.165, 1.54) is 5.39 Å². The van der Waals surface area contributed by atoms with Gasteiger partial charge in [-0.2, -0.15) is 0 Å². The molecule has 0 radical (unpaired) electrons. The average molecular weight is 245 g/mol. The molecule has 0 spiro atoms. The summed E-state index contributed by atoms with van der Waals surface area (Å²) in [6.07, 6.45) is 2.13. The van der Waals surface area contributed by atoms with Crippen LogP contribution in [0.5, 0.6) is 0 Å². The van der Waals surface area contributed by atoms with Crippen molar-refractivity contribution in [1.82, 2.24) is 5.32 Å². The molecule has 0 bridgehead atoms. The van der Waals surface area contributed by atoms with Crippen LogP contribution < -0.4 is 5.32 Å². The Balaban J connectivity index is 2.00. The maximum atomic E-state index is 5.85. The van der Waals surface area contributed by atoms with Gasteiger partial charge in [-0.25, -0.2) is 0 Å².